The van der Waals surface area contributed by atoms with Crippen molar-refractivity contribution in [3.63, 3.8) is 0 Å². The van der Waals surface area contributed by atoms with Crippen LogP contribution in [0.25, 0.3) is 0 Å². The second kappa shape index (κ2) is 5.43. The maximum atomic E-state index is 12.7. The quantitative estimate of drug-likeness (QED) is 0.752. The standard InChI is InChI=1S/C16H20O6S2/c1-10-4-6-11(7-5-10)24(17,18)22-13-12-14(20-15(2,3)19-12)21-16(13)8-23-9-16/h4-7,12-14H,8-9H2,1-3H3/t12-,13-,14?/m1/s1. The molecule has 0 radical (unpaired) electrons. The molecule has 3 atom stereocenters. The molecule has 0 aliphatic carbocycles. The Labute approximate surface area is 145 Å². The number of aryl methyl sites for hydroxylation is 1. The van der Waals surface area contributed by atoms with Gasteiger partial charge in [-0.15, -0.1) is 0 Å². The zero-order chi connectivity index (χ0) is 17.2. The van der Waals surface area contributed by atoms with Crippen molar-refractivity contribution in [3.8, 4) is 0 Å². The van der Waals surface area contributed by atoms with Gasteiger partial charge in [-0.05, 0) is 32.9 Å². The highest BCUT2D eigenvalue weighted by molar-refractivity contribution is 8.00. The summed E-state index contributed by atoms with van der Waals surface area (Å²) in [7, 11) is -3.91. The van der Waals surface area contributed by atoms with Gasteiger partial charge in [0.2, 0.25) is 0 Å². The Hall–Kier alpha value is -0.640. The van der Waals surface area contributed by atoms with Gasteiger partial charge in [0, 0.05) is 11.5 Å². The molecule has 3 fully saturated rings. The van der Waals surface area contributed by atoms with Gasteiger partial charge in [0.05, 0.1) is 4.90 Å². The van der Waals surface area contributed by atoms with E-state index in [9.17, 15) is 8.42 Å². The highest BCUT2D eigenvalue weighted by atomic mass is 32.2. The highest BCUT2D eigenvalue weighted by Gasteiger charge is 2.66. The Morgan fingerprint density at radius 3 is 2.38 bits per heavy atom. The van der Waals surface area contributed by atoms with E-state index in [4.69, 9.17) is 18.4 Å². The third-order valence-electron chi connectivity index (χ3n) is 4.49. The summed E-state index contributed by atoms with van der Waals surface area (Å²) in [4.78, 5) is 0.136. The van der Waals surface area contributed by atoms with Crippen molar-refractivity contribution in [2.24, 2.45) is 0 Å². The largest absolute Gasteiger partial charge is 0.339 e. The summed E-state index contributed by atoms with van der Waals surface area (Å²) < 4.78 is 48.6. The number of rotatable bonds is 3. The second-order valence-corrected chi connectivity index (χ2v) is 9.49. The summed E-state index contributed by atoms with van der Waals surface area (Å²) in [5.41, 5.74) is 0.327. The fraction of sp³-hybridized carbons (Fsp3) is 0.625. The minimum absolute atomic E-state index is 0.136. The van der Waals surface area contributed by atoms with E-state index in [1.165, 1.54) is 0 Å². The highest BCUT2D eigenvalue weighted by Crippen LogP contribution is 2.50. The first-order chi connectivity index (χ1) is 11.2. The molecule has 4 rings (SSSR count). The topological polar surface area (TPSA) is 71.1 Å². The zero-order valence-corrected chi connectivity index (χ0v) is 15.4. The van der Waals surface area contributed by atoms with Crippen LogP contribution in [0.15, 0.2) is 29.2 Å². The number of thioether (sulfide) groups is 1. The minimum Gasteiger partial charge on any atom is -0.339 e. The molecule has 0 amide bonds. The first-order valence-corrected chi connectivity index (χ1v) is 10.4. The molecule has 0 saturated carbocycles. The van der Waals surface area contributed by atoms with Crippen LogP contribution in [0.5, 0.6) is 0 Å². The predicted octanol–water partition coefficient (Wildman–Crippen LogP) is 2.06. The molecule has 0 aromatic heterocycles. The summed E-state index contributed by atoms with van der Waals surface area (Å²) in [6, 6.07) is 6.60. The van der Waals surface area contributed by atoms with Crippen LogP contribution in [0.3, 0.4) is 0 Å². The van der Waals surface area contributed by atoms with Gasteiger partial charge in [-0.1, -0.05) is 17.7 Å². The Kier molecular flexibility index (Phi) is 3.80. The van der Waals surface area contributed by atoms with E-state index in [0.29, 0.717) is 11.5 Å². The second-order valence-electron chi connectivity index (χ2n) is 6.93. The average molecular weight is 372 g/mol. The molecular formula is C16H20O6S2. The molecule has 132 valence electrons. The third kappa shape index (κ3) is 2.69. The van der Waals surface area contributed by atoms with E-state index < -0.39 is 40.0 Å². The van der Waals surface area contributed by atoms with Crippen LogP contribution in [0.2, 0.25) is 0 Å². The predicted molar refractivity (Wildman–Crippen MR) is 88.2 cm³/mol. The number of ether oxygens (including phenoxy) is 3. The molecule has 1 aromatic rings. The van der Waals surface area contributed by atoms with Gasteiger partial charge >= 0.3 is 0 Å². The summed E-state index contributed by atoms with van der Waals surface area (Å²) >= 11 is 1.69. The minimum atomic E-state index is -3.91. The fourth-order valence-electron chi connectivity index (χ4n) is 3.23. The molecule has 3 saturated heterocycles. The molecule has 8 heteroatoms. The van der Waals surface area contributed by atoms with Crippen LogP contribution in [-0.2, 0) is 28.5 Å². The normalized spacial score (nSPS) is 33.4. The first kappa shape index (κ1) is 16.8. The third-order valence-corrected chi connectivity index (χ3v) is 7.18. The van der Waals surface area contributed by atoms with E-state index in [2.05, 4.69) is 0 Å². The van der Waals surface area contributed by atoms with Gasteiger partial charge in [-0.25, -0.2) is 0 Å². The van der Waals surface area contributed by atoms with Crippen LogP contribution in [0.4, 0.5) is 0 Å². The molecule has 3 aliphatic heterocycles. The van der Waals surface area contributed by atoms with Gasteiger partial charge in [-0.3, -0.25) is 4.18 Å². The smallest absolute Gasteiger partial charge is 0.297 e. The summed E-state index contributed by atoms with van der Waals surface area (Å²) in [5.74, 6) is 0.519. The Morgan fingerprint density at radius 1 is 1.12 bits per heavy atom. The molecular weight excluding hydrogens is 352 g/mol. The first-order valence-electron chi connectivity index (χ1n) is 7.82. The lowest BCUT2D eigenvalue weighted by atomic mass is 9.99. The van der Waals surface area contributed by atoms with Crippen molar-refractivity contribution in [1.82, 2.24) is 0 Å². The van der Waals surface area contributed by atoms with Crippen molar-refractivity contribution in [3.05, 3.63) is 29.8 Å². The number of hydrogen-bond donors (Lipinski definition) is 0. The lowest BCUT2D eigenvalue weighted by Gasteiger charge is -2.41. The molecule has 3 aliphatic rings. The number of hydrogen-bond acceptors (Lipinski definition) is 7. The maximum absolute atomic E-state index is 12.7. The summed E-state index contributed by atoms with van der Waals surface area (Å²) in [6.45, 7) is 5.46. The van der Waals surface area contributed by atoms with Gasteiger partial charge in [0.25, 0.3) is 10.1 Å². The van der Waals surface area contributed by atoms with Gasteiger partial charge in [0.1, 0.15) is 17.8 Å². The van der Waals surface area contributed by atoms with E-state index in [0.717, 1.165) is 5.56 Å². The number of benzene rings is 1. The van der Waals surface area contributed by atoms with Crippen molar-refractivity contribution >= 4 is 21.9 Å². The summed E-state index contributed by atoms with van der Waals surface area (Å²) in [6.07, 6.45) is -1.86. The van der Waals surface area contributed by atoms with Crippen molar-refractivity contribution in [2.75, 3.05) is 11.5 Å². The van der Waals surface area contributed by atoms with Crippen molar-refractivity contribution in [2.45, 2.75) is 55.6 Å². The van der Waals surface area contributed by atoms with E-state index in [-0.39, 0.29) is 4.90 Å². The molecule has 0 bridgehead atoms. The lowest BCUT2D eigenvalue weighted by Crippen LogP contribution is -2.56. The van der Waals surface area contributed by atoms with Crippen LogP contribution in [0.1, 0.15) is 19.4 Å². The van der Waals surface area contributed by atoms with Crippen LogP contribution in [-0.4, -0.2) is 49.8 Å². The molecule has 1 unspecified atom stereocenters. The fourth-order valence-corrected chi connectivity index (χ4v) is 5.44. The number of fused-ring (bicyclic) bond motifs is 1. The summed E-state index contributed by atoms with van der Waals surface area (Å²) in [5, 5.41) is 0. The maximum Gasteiger partial charge on any atom is 0.297 e. The molecule has 6 nitrogen and oxygen atoms in total. The van der Waals surface area contributed by atoms with Crippen LogP contribution < -0.4 is 0 Å². The zero-order valence-electron chi connectivity index (χ0n) is 13.7. The Bertz CT molecular complexity index is 738. The molecule has 1 spiro atoms. The Morgan fingerprint density at radius 2 is 1.79 bits per heavy atom. The molecule has 1 aromatic carbocycles. The SMILES string of the molecule is Cc1ccc(S(=O)(=O)O[C@@H]2[C@H]3OC(C)(C)OC3OC23CSC3)cc1. The van der Waals surface area contributed by atoms with Gasteiger partial charge in [-0.2, -0.15) is 20.2 Å². The Balaban J connectivity index is 1.62. The molecule has 0 N–H and O–H groups in total. The monoisotopic (exact) mass is 372 g/mol. The van der Waals surface area contributed by atoms with Gasteiger partial charge in [0.15, 0.2) is 12.1 Å². The molecule has 3 heterocycles. The van der Waals surface area contributed by atoms with Crippen LogP contribution in [0, 0.1) is 6.92 Å². The van der Waals surface area contributed by atoms with Gasteiger partial charge < -0.3 is 14.2 Å². The van der Waals surface area contributed by atoms with Crippen molar-refractivity contribution in [1.29, 1.82) is 0 Å². The van der Waals surface area contributed by atoms with Crippen LogP contribution >= 0.6 is 11.8 Å². The van der Waals surface area contributed by atoms with E-state index in [1.807, 2.05) is 6.92 Å². The molecule has 24 heavy (non-hydrogen) atoms. The van der Waals surface area contributed by atoms with E-state index in [1.54, 1.807) is 49.9 Å². The lowest BCUT2D eigenvalue weighted by molar-refractivity contribution is -0.229. The van der Waals surface area contributed by atoms with Crippen molar-refractivity contribution < 1.29 is 26.8 Å². The average Bonchev–Trinajstić information content (AvgIpc) is 2.89. The van der Waals surface area contributed by atoms with E-state index >= 15 is 0 Å².